The lowest BCUT2D eigenvalue weighted by molar-refractivity contribution is -0.140. The van der Waals surface area contributed by atoms with Crippen molar-refractivity contribution >= 4 is 17.5 Å². The predicted molar refractivity (Wildman–Crippen MR) is 104 cm³/mol. The van der Waals surface area contributed by atoms with Gasteiger partial charge in [0.15, 0.2) is 11.6 Å². The first-order valence-corrected chi connectivity index (χ1v) is 9.29. The van der Waals surface area contributed by atoms with Crippen molar-refractivity contribution in [3.05, 3.63) is 23.3 Å². The van der Waals surface area contributed by atoms with Crippen LogP contribution in [0, 0.1) is 16.2 Å². The molecule has 4 nitrogen and oxygen atoms in total. The topological polar surface area (TPSA) is 60.4 Å². The van der Waals surface area contributed by atoms with E-state index in [1.807, 2.05) is 27.7 Å². The van der Waals surface area contributed by atoms with Gasteiger partial charge >= 0.3 is 5.97 Å². The van der Waals surface area contributed by atoms with Crippen molar-refractivity contribution < 1.29 is 19.1 Å². The van der Waals surface area contributed by atoms with Gasteiger partial charge in [-0.15, -0.1) is 0 Å². The molecule has 0 fully saturated rings. The second-order valence-electron chi connectivity index (χ2n) is 9.82. The van der Waals surface area contributed by atoms with E-state index in [4.69, 9.17) is 4.74 Å². The van der Waals surface area contributed by atoms with Crippen molar-refractivity contribution in [2.75, 3.05) is 7.11 Å². The number of rotatable bonds is 6. The molecule has 0 N–H and O–H groups in total. The molecule has 0 radical (unpaired) electrons. The van der Waals surface area contributed by atoms with E-state index in [9.17, 15) is 14.4 Å². The van der Waals surface area contributed by atoms with Crippen molar-refractivity contribution in [2.45, 2.75) is 74.1 Å². The van der Waals surface area contributed by atoms with E-state index in [0.717, 1.165) is 6.42 Å². The molecule has 0 saturated carbocycles. The van der Waals surface area contributed by atoms with Crippen LogP contribution in [0.2, 0.25) is 0 Å². The SMILES string of the molecule is COC(=O)CCCC(C)(CC(C)(C)C)C1=CC(=O)C(C(C)(C)C)=CC1=O. The van der Waals surface area contributed by atoms with Gasteiger partial charge in [0.2, 0.25) is 0 Å². The van der Waals surface area contributed by atoms with Gasteiger partial charge in [-0.3, -0.25) is 14.4 Å². The summed E-state index contributed by atoms with van der Waals surface area (Å²) in [6.45, 7) is 14.2. The number of ether oxygens (including phenoxy) is 1. The lowest BCUT2D eigenvalue weighted by atomic mass is 9.65. The third-order valence-corrected chi connectivity index (χ3v) is 4.80. The lowest BCUT2D eigenvalue weighted by Gasteiger charge is -2.38. The second-order valence-corrected chi connectivity index (χ2v) is 9.82. The van der Waals surface area contributed by atoms with Gasteiger partial charge in [0.1, 0.15) is 0 Å². The molecule has 0 aromatic heterocycles. The molecule has 1 unspecified atom stereocenters. The highest BCUT2D eigenvalue weighted by Crippen LogP contribution is 2.45. The molecule has 1 aliphatic rings. The number of hydrogen-bond donors (Lipinski definition) is 0. The van der Waals surface area contributed by atoms with Crippen LogP contribution < -0.4 is 0 Å². The molecular weight excluding hydrogens is 328 g/mol. The Labute approximate surface area is 158 Å². The maximum absolute atomic E-state index is 12.9. The van der Waals surface area contributed by atoms with Crippen LogP contribution in [-0.2, 0) is 19.1 Å². The smallest absolute Gasteiger partial charge is 0.305 e. The third kappa shape index (κ3) is 5.93. The molecule has 0 spiro atoms. The van der Waals surface area contributed by atoms with Gasteiger partial charge in [0.05, 0.1) is 7.11 Å². The van der Waals surface area contributed by atoms with Gasteiger partial charge in [-0.05, 0) is 47.7 Å². The molecule has 0 aliphatic heterocycles. The first-order chi connectivity index (χ1) is 11.7. The number of methoxy groups -OCH3 is 1. The van der Waals surface area contributed by atoms with Crippen LogP contribution in [0.3, 0.4) is 0 Å². The summed E-state index contributed by atoms with van der Waals surface area (Å²) in [7, 11) is 1.38. The fourth-order valence-corrected chi connectivity index (χ4v) is 3.83. The molecule has 0 aromatic rings. The van der Waals surface area contributed by atoms with Crippen LogP contribution >= 0.6 is 0 Å². The molecule has 26 heavy (non-hydrogen) atoms. The normalized spacial score (nSPS) is 18.2. The van der Waals surface area contributed by atoms with Crippen LogP contribution in [0.5, 0.6) is 0 Å². The average Bonchev–Trinajstić information content (AvgIpc) is 2.45. The Morgan fingerprint density at radius 3 is 1.88 bits per heavy atom. The molecule has 1 atom stereocenters. The van der Waals surface area contributed by atoms with E-state index >= 15 is 0 Å². The minimum absolute atomic E-state index is 0.0157. The number of esters is 1. The zero-order valence-electron chi connectivity index (χ0n) is 17.6. The highest BCUT2D eigenvalue weighted by molar-refractivity contribution is 6.20. The van der Waals surface area contributed by atoms with Crippen molar-refractivity contribution in [3.8, 4) is 0 Å². The lowest BCUT2D eigenvalue weighted by Crippen LogP contribution is -2.33. The van der Waals surface area contributed by atoms with E-state index < -0.39 is 5.41 Å². The van der Waals surface area contributed by atoms with Crippen molar-refractivity contribution in [3.63, 3.8) is 0 Å². The van der Waals surface area contributed by atoms with Gasteiger partial charge in [0, 0.05) is 17.6 Å². The van der Waals surface area contributed by atoms with E-state index in [0.29, 0.717) is 30.4 Å². The van der Waals surface area contributed by atoms with Crippen LogP contribution in [0.1, 0.15) is 74.1 Å². The average molecular weight is 363 g/mol. The molecule has 0 heterocycles. The maximum atomic E-state index is 12.9. The molecule has 1 aliphatic carbocycles. The largest absolute Gasteiger partial charge is 0.469 e. The van der Waals surface area contributed by atoms with Gasteiger partial charge in [-0.2, -0.15) is 0 Å². The summed E-state index contributed by atoms with van der Waals surface area (Å²) in [5, 5.41) is 0. The number of carbonyl (C=O) groups is 3. The summed E-state index contributed by atoms with van der Waals surface area (Å²) in [6, 6.07) is 0. The fraction of sp³-hybridized carbons (Fsp3) is 0.682. The van der Waals surface area contributed by atoms with Gasteiger partial charge < -0.3 is 4.74 Å². The highest BCUT2D eigenvalue weighted by Gasteiger charge is 2.39. The first kappa shape index (κ1) is 22.3. The molecule has 0 aromatic carbocycles. The number of carbonyl (C=O) groups excluding carboxylic acids is 3. The van der Waals surface area contributed by atoms with E-state index in [1.165, 1.54) is 19.3 Å². The monoisotopic (exact) mass is 362 g/mol. The standard InChI is InChI=1S/C22H34O4/c1-20(2,3)14-22(7,11-9-10-19(25)26-8)16-13-17(23)15(12-18(16)24)21(4,5)6/h12-13H,9-11,14H2,1-8H3. The van der Waals surface area contributed by atoms with Crippen LogP contribution in [0.15, 0.2) is 23.3 Å². The van der Waals surface area contributed by atoms with E-state index in [-0.39, 0.29) is 28.4 Å². The number of allylic oxidation sites excluding steroid dienone is 4. The Morgan fingerprint density at radius 2 is 1.42 bits per heavy atom. The van der Waals surface area contributed by atoms with E-state index in [2.05, 4.69) is 20.8 Å². The minimum atomic E-state index is -0.459. The number of ketones is 2. The summed E-state index contributed by atoms with van der Waals surface area (Å²) in [5.41, 5.74) is 0.284. The van der Waals surface area contributed by atoms with E-state index in [1.54, 1.807) is 0 Å². The molecule has 0 amide bonds. The Hall–Kier alpha value is -1.71. The molecule has 0 saturated heterocycles. The summed E-state index contributed by atoms with van der Waals surface area (Å²) >= 11 is 0. The molecule has 146 valence electrons. The van der Waals surface area contributed by atoms with Crippen LogP contribution in [-0.4, -0.2) is 24.6 Å². The van der Waals surface area contributed by atoms with Crippen molar-refractivity contribution in [2.24, 2.45) is 16.2 Å². The van der Waals surface area contributed by atoms with Crippen molar-refractivity contribution in [1.29, 1.82) is 0 Å². The Kier molecular flexibility index (Phi) is 6.78. The van der Waals surface area contributed by atoms with Crippen LogP contribution in [0.25, 0.3) is 0 Å². The molecule has 1 rings (SSSR count). The van der Waals surface area contributed by atoms with Gasteiger partial charge in [-0.25, -0.2) is 0 Å². The van der Waals surface area contributed by atoms with Crippen molar-refractivity contribution in [1.82, 2.24) is 0 Å². The van der Waals surface area contributed by atoms with Gasteiger partial charge in [-0.1, -0.05) is 48.5 Å². The highest BCUT2D eigenvalue weighted by atomic mass is 16.5. The summed E-state index contributed by atoms with van der Waals surface area (Å²) in [5.74, 6) is -0.419. The summed E-state index contributed by atoms with van der Waals surface area (Å²) in [4.78, 5) is 37.0. The Balaban J connectivity index is 3.17. The first-order valence-electron chi connectivity index (χ1n) is 9.29. The fourth-order valence-electron chi connectivity index (χ4n) is 3.83. The minimum Gasteiger partial charge on any atom is -0.469 e. The second kappa shape index (κ2) is 7.89. The molecule has 0 bridgehead atoms. The van der Waals surface area contributed by atoms with Gasteiger partial charge in [0.25, 0.3) is 0 Å². The molecule has 4 heteroatoms. The van der Waals surface area contributed by atoms with Crippen LogP contribution in [0.4, 0.5) is 0 Å². The number of hydrogen-bond acceptors (Lipinski definition) is 4. The Bertz CT molecular complexity index is 638. The maximum Gasteiger partial charge on any atom is 0.305 e. The summed E-state index contributed by atoms with van der Waals surface area (Å²) in [6.07, 6.45) is 5.39. The third-order valence-electron chi connectivity index (χ3n) is 4.80. The summed E-state index contributed by atoms with van der Waals surface area (Å²) < 4.78 is 4.72. The predicted octanol–water partition coefficient (Wildman–Crippen LogP) is 4.82. The molecular formula is C22H34O4. The quantitative estimate of drug-likeness (QED) is 0.502. The zero-order valence-corrected chi connectivity index (χ0v) is 17.6. The zero-order chi connectivity index (χ0) is 20.3. The Morgan fingerprint density at radius 1 is 0.923 bits per heavy atom.